The third kappa shape index (κ3) is 3.37. The summed E-state index contributed by atoms with van der Waals surface area (Å²) in [6, 6.07) is 3.13. The average molecular weight is 310 g/mol. The SMILES string of the molecule is CCOC(=O)c1cn(C)nc1S(=O)(=O)Nc1cccnc1. The van der Waals surface area contributed by atoms with Crippen molar-refractivity contribution >= 4 is 21.7 Å². The highest BCUT2D eigenvalue weighted by Crippen LogP contribution is 2.18. The number of pyridine rings is 1. The second-order valence-corrected chi connectivity index (χ2v) is 5.69. The Balaban J connectivity index is 2.38. The number of rotatable bonds is 5. The normalized spacial score (nSPS) is 11.1. The number of hydrogen-bond donors (Lipinski definition) is 1. The van der Waals surface area contributed by atoms with Gasteiger partial charge in [-0.3, -0.25) is 14.4 Å². The van der Waals surface area contributed by atoms with Gasteiger partial charge in [0, 0.05) is 19.4 Å². The van der Waals surface area contributed by atoms with Gasteiger partial charge in [-0.25, -0.2) is 4.79 Å². The molecule has 9 heteroatoms. The van der Waals surface area contributed by atoms with Crippen LogP contribution in [0.5, 0.6) is 0 Å². The van der Waals surface area contributed by atoms with Crippen LogP contribution >= 0.6 is 0 Å². The van der Waals surface area contributed by atoms with E-state index in [1.165, 1.54) is 36.4 Å². The van der Waals surface area contributed by atoms with Crippen LogP contribution in [0, 0.1) is 0 Å². The Bertz CT molecular complexity index is 740. The highest BCUT2D eigenvalue weighted by molar-refractivity contribution is 7.92. The summed E-state index contributed by atoms with van der Waals surface area (Å²) >= 11 is 0. The predicted octanol–water partition coefficient (Wildman–Crippen LogP) is 0.793. The standard InChI is InChI=1S/C12H14N4O4S/c1-3-20-12(17)10-8-16(2)14-11(10)21(18,19)15-9-5-4-6-13-7-9/h4-8,15H,3H2,1-2H3. The average Bonchev–Trinajstić information content (AvgIpc) is 2.83. The van der Waals surface area contributed by atoms with E-state index in [1.807, 2.05) is 0 Å². The number of carbonyl (C=O) groups is 1. The minimum atomic E-state index is -4.01. The highest BCUT2D eigenvalue weighted by Gasteiger charge is 2.27. The Hall–Kier alpha value is -2.42. The number of anilines is 1. The lowest BCUT2D eigenvalue weighted by Crippen LogP contribution is -2.18. The van der Waals surface area contributed by atoms with Gasteiger partial charge in [-0.2, -0.15) is 13.5 Å². The minimum absolute atomic E-state index is 0.115. The molecule has 2 heterocycles. The van der Waals surface area contributed by atoms with Gasteiger partial charge < -0.3 is 4.74 Å². The van der Waals surface area contributed by atoms with Gasteiger partial charge in [0.25, 0.3) is 10.0 Å². The van der Waals surface area contributed by atoms with E-state index in [0.29, 0.717) is 0 Å². The van der Waals surface area contributed by atoms with Gasteiger partial charge in [-0.05, 0) is 19.1 Å². The molecule has 8 nitrogen and oxygen atoms in total. The van der Waals surface area contributed by atoms with Crippen LogP contribution in [0.3, 0.4) is 0 Å². The van der Waals surface area contributed by atoms with Crippen molar-refractivity contribution in [2.24, 2.45) is 7.05 Å². The zero-order chi connectivity index (χ0) is 15.5. The molecule has 0 saturated heterocycles. The molecule has 0 aromatic carbocycles. The molecule has 2 aromatic rings. The number of nitrogens with one attached hydrogen (secondary N) is 1. The van der Waals surface area contributed by atoms with Crippen LogP contribution in [0.4, 0.5) is 5.69 Å². The van der Waals surface area contributed by atoms with Gasteiger partial charge in [0.2, 0.25) is 5.03 Å². The van der Waals surface area contributed by atoms with E-state index < -0.39 is 16.0 Å². The minimum Gasteiger partial charge on any atom is -0.462 e. The van der Waals surface area contributed by atoms with Crippen molar-refractivity contribution < 1.29 is 17.9 Å². The molecule has 0 aliphatic heterocycles. The van der Waals surface area contributed by atoms with E-state index in [-0.39, 0.29) is 22.9 Å². The quantitative estimate of drug-likeness (QED) is 0.819. The molecule has 21 heavy (non-hydrogen) atoms. The fraction of sp³-hybridized carbons (Fsp3) is 0.250. The molecule has 0 amide bonds. The van der Waals surface area contributed by atoms with E-state index in [1.54, 1.807) is 13.0 Å². The van der Waals surface area contributed by atoms with Gasteiger partial charge in [0.15, 0.2) is 0 Å². The summed E-state index contributed by atoms with van der Waals surface area (Å²) in [5.41, 5.74) is 0.161. The van der Waals surface area contributed by atoms with Crippen molar-refractivity contribution in [1.82, 2.24) is 14.8 Å². The lowest BCUT2D eigenvalue weighted by atomic mass is 10.4. The summed E-state index contributed by atoms with van der Waals surface area (Å²) in [5.74, 6) is -0.739. The van der Waals surface area contributed by atoms with Crippen molar-refractivity contribution in [2.75, 3.05) is 11.3 Å². The van der Waals surface area contributed by atoms with Crippen LogP contribution in [-0.4, -0.2) is 35.8 Å². The first-order valence-corrected chi connectivity index (χ1v) is 7.56. The van der Waals surface area contributed by atoms with Crippen molar-refractivity contribution in [2.45, 2.75) is 11.9 Å². The first kappa shape index (κ1) is 15.0. The molecule has 0 radical (unpaired) electrons. The zero-order valence-electron chi connectivity index (χ0n) is 11.5. The monoisotopic (exact) mass is 310 g/mol. The Morgan fingerprint density at radius 1 is 1.48 bits per heavy atom. The molecule has 0 fully saturated rings. The van der Waals surface area contributed by atoms with Crippen LogP contribution in [0.1, 0.15) is 17.3 Å². The van der Waals surface area contributed by atoms with Gasteiger partial charge in [-0.15, -0.1) is 0 Å². The largest absolute Gasteiger partial charge is 0.462 e. The maximum absolute atomic E-state index is 12.3. The van der Waals surface area contributed by atoms with Crippen LogP contribution in [-0.2, 0) is 21.8 Å². The van der Waals surface area contributed by atoms with Gasteiger partial charge in [0.1, 0.15) is 5.56 Å². The zero-order valence-corrected chi connectivity index (χ0v) is 12.3. The molecule has 0 spiro atoms. The lowest BCUT2D eigenvalue weighted by Gasteiger charge is -2.06. The molecule has 1 N–H and O–H groups in total. The molecular formula is C12H14N4O4S. The number of esters is 1. The number of carbonyl (C=O) groups excluding carboxylic acids is 1. The van der Waals surface area contributed by atoms with Crippen LogP contribution in [0.15, 0.2) is 35.7 Å². The fourth-order valence-corrected chi connectivity index (χ4v) is 2.83. The number of ether oxygens (including phenoxy) is 1. The third-order valence-corrected chi connectivity index (χ3v) is 3.77. The number of nitrogens with zero attached hydrogens (tertiary/aromatic N) is 3. The van der Waals surface area contributed by atoms with Gasteiger partial charge >= 0.3 is 5.97 Å². The molecular weight excluding hydrogens is 296 g/mol. The molecule has 0 bridgehead atoms. The van der Waals surface area contributed by atoms with Crippen molar-refractivity contribution in [3.8, 4) is 0 Å². The molecule has 2 rings (SSSR count). The van der Waals surface area contributed by atoms with E-state index >= 15 is 0 Å². The maximum atomic E-state index is 12.3. The highest BCUT2D eigenvalue weighted by atomic mass is 32.2. The van der Waals surface area contributed by atoms with Gasteiger partial charge in [0.05, 0.1) is 18.5 Å². The van der Waals surface area contributed by atoms with Crippen LogP contribution in [0.2, 0.25) is 0 Å². The van der Waals surface area contributed by atoms with Gasteiger partial charge in [-0.1, -0.05) is 0 Å². The van der Waals surface area contributed by atoms with Crippen LogP contribution < -0.4 is 4.72 Å². The summed E-state index contributed by atoms with van der Waals surface area (Å²) in [4.78, 5) is 15.6. The number of hydrogen-bond acceptors (Lipinski definition) is 6. The number of aryl methyl sites for hydroxylation is 1. The third-order valence-electron chi connectivity index (χ3n) is 2.46. The van der Waals surface area contributed by atoms with E-state index in [0.717, 1.165) is 0 Å². The second-order valence-electron chi connectivity index (χ2n) is 4.09. The number of sulfonamides is 1. The molecule has 0 aliphatic rings. The number of aromatic nitrogens is 3. The molecule has 0 unspecified atom stereocenters. The van der Waals surface area contributed by atoms with E-state index in [4.69, 9.17) is 4.74 Å². The lowest BCUT2D eigenvalue weighted by molar-refractivity contribution is 0.0522. The van der Waals surface area contributed by atoms with Crippen molar-refractivity contribution in [3.63, 3.8) is 0 Å². The molecule has 0 atom stereocenters. The Kier molecular flexibility index (Phi) is 4.22. The Labute approximate surface area is 121 Å². The van der Waals surface area contributed by atoms with Crippen LogP contribution in [0.25, 0.3) is 0 Å². The first-order valence-electron chi connectivity index (χ1n) is 6.07. The van der Waals surface area contributed by atoms with E-state index in [9.17, 15) is 13.2 Å². The maximum Gasteiger partial charge on any atom is 0.342 e. The Morgan fingerprint density at radius 3 is 2.86 bits per heavy atom. The van der Waals surface area contributed by atoms with Crippen molar-refractivity contribution in [1.29, 1.82) is 0 Å². The fourth-order valence-electron chi connectivity index (χ4n) is 1.64. The second kappa shape index (κ2) is 5.92. The molecule has 2 aromatic heterocycles. The summed E-state index contributed by atoms with van der Waals surface area (Å²) < 4.78 is 33.0. The van der Waals surface area contributed by atoms with E-state index in [2.05, 4.69) is 14.8 Å². The summed E-state index contributed by atoms with van der Waals surface area (Å²) in [5, 5.41) is 3.44. The molecule has 112 valence electrons. The van der Waals surface area contributed by atoms with Crippen molar-refractivity contribution in [3.05, 3.63) is 36.3 Å². The smallest absolute Gasteiger partial charge is 0.342 e. The summed E-state index contributed by atoms with van der Waals surface area (Å²) in [6.07, 6.45) is 4.17. The Morgan fingerprint density at radius 2 is 2.24 bits per heavy atom. The predicted molar refractivity (Wildman–Crippen MR) is 74.2 cm³/mol. The topological polar surface area (TPSA) is 103 Å². The molecule has 0 saturated carbocycles. The first-order chi connectivity index (χ1) is 9.94. The summed E-state index contributed by atoms with van der Waals surface area (Å²) in [7, 11) is -2.49. The molecule has 0 aliphatic carbocycles. The summed E-state index contributed by atoms with van der Waals surface area (Å²) in [6.45, 7) is 1.78.